The number of carbonyl (C=O) groups excluding carboxylic acids is 2. The van der Waals surface area contributed by atoms with Crippen molar-refractivity contribution >= 4 is 17.5 Å². The molecule has 0 saturated carbocycles. The maximum atomic E-state index is 12.6. The molecular formula is C21H24N2O5. The Morgan fingerprint density at radius 2 is 1.75 bits per heavy atom. The number of hydrogen-bond donors (Lipinski definition) is 1. The van der Waals surface area contributed by atoms with Gasteiger partial charge in [0.25, 0.3) is 11.8 Å². The van der Waals surface area contributed by atoms with Gasteiger partial charge in [0.15, 0.2) is 0 Å². The first-order valence-corrected chi connectivity index (χ1v) is 9.18. The number of carbonyl (C=O) groups is 2. The summed E-state index contributed by atoms with van der Waals surface area (Å²) in [4.78, 5) is 26.9. The first-order chi connectivity index (χ1) is 13.7. The second-order valence-electron chi connectivity index (χ2n) is 6.27. The Hall–Kier alpha value is -2.90. The highest BCUT2D eigenvalue weighted by Crippen LogP contribution is 2.20. The average Bonchev–Trinajstić information content (AvgIpc) is 2.75. The van der Waals surface area contributed by atoms with E-state index in [4.69, 9.17) is 14.2 Å². The largest absolute Gasteiger partial charge is 0.490 e. The van der Waals surface area contributed by atoms with E-state index >= 15 is 0 Å². The number of anilines is 1. The van der Waals surface area contributed by atoms with E-state index in [0.717, 1.165) is 0 Å². The maximum absolute atomic E-state index is 12.6. The average molecular weight is 384 g/mol. The summed E-state index contributed by atoms with van der Waals surface area (Å²) in [5.74, 6) is 0.189. The minimum absolute atomic E-state index is 0.0296. The van der Waals surface area contributed by atoms with Crippen molar-refractivity contribution in [2.24, 2.45) is 0 Å². The second-order valence-corrected chi connectivity index (χ2v) is 6.27. The van der Waals surface area contributed by atoms with Crippen molar-refractivity contribution in [1.82, 2.24) is 4.90 Å². The van der Waals surface area contributed by atoms with Crippen molar-refractivity contribution in [3.05, 3.63) is 59.7 Å². The molecule has 0 spiro atoms. The minimum Gasteiger partial charge on any atom is -0.490 e. The predicted molar refractivity (Wildman–Crippen MR) is 105 cm³/mol. The van der Waals surface area contributed by atoms with E-state index in [1.165, 1.54) is 0 Å². The molecule has 0 aliphatic carbocycles. The van der Waals surface area contributed by atoms with Gasteiger partial charge < -0.3 is 24.4 Å². The second kappa shape index (κ2) is 9.87. The molecule has 2 aromatic carbocycles. The summed E-state index contributed by atoms with van der Waals surface area (Å²) >= 11 is 0. The van der Waals surface area contributed by atoms with E-state index in [-0.39, 0.29) is 11.8 Å². The minimum atomic E-state index is -0.278. The number of benzene rings is 2. The Kier molecular flexibility index (Phi) is 7.00. The Labute approximate surface area is 164 Å². The van der Waals surface area contributed by atoms with Gasteiger partial charge in [0, 0.05) is 31.5 Å². The highest BCUT2D eigenvalue weighted by molar-refractivity contribution is 6.06. The number of rotatable bonds is 7. The molecule has 0 bridgehead atoms. The summed E-state index contributed by atoms with van der Waals surface area (Å²) in [5, 5.41) is 2.84. The fraction of sp³-hybridized carbons (Fsp3) is 0.333. The first kappa shape index (κ1) is 19.9. The number of para-hydroxylation sites is 1. The molecule has 0 atom stereocenters. The molecule has 1 aliphatic rings. The molecule has 7 nitrogen and oxygen atoms in total. The smallest absolute Gasteiger partial charge is 0.259 e. The number of nitrogens with zero attached hydrogens (tertiary/aromatic N) is 1. The van der Waals surface area contributed by atoms with E-state index < -0.39 is 0 Å². The van der Waals surface area contributed by atoms with Crippen LogP contribution in [-0.4, -0.2) is 63.3 Å². The van der Waals surface area contributed by atoms with Crippen molar-refractivity contribution in [3.63, 3.8) is 0 Å². The summed E-state index contributed by atoms with van der Waals surface area (Å²) in [6.45, 7) is 3.11. The van der Waals surface area contributed by atoms with Crippen LogP contribution in [0.5, 0.6) is 5.75 Å². The summed E-state index contributed by atoms with van der Waals surface area (Å²) in [7, 11) is 1.59. The molecule has 1 saturated heterocycles. The third kappa shape index (κ3) is 5.09. The van der Waals surface area contributed by atoms with Crippen LogP contribution in [0.2, 0.25) is 0 Å². The van der Waals surface area contributed by atoms with Crippen LogP contribution in [0.3, 0.4) is 0 Å². The normalized spacial score (nSPS) is 13.8. The van der Waals surface area contributed by atoms with Crippen molar-refractivity contribution in [2.45, 2.75) is 0 Å². The van der Waals surface area contributed by atoms with Crippen molar-refractivity contribution in [3.8, 4) is 5.75 Å². The standard InChI is InChI=1S/C21H24N2O5/c1-26-14-15-28-19-5-3-2-4-18(19)20(24)22-17-8-6-16(7-9-17)21(25)23-10-12-27-13-11-23/h2-9H,10-15H2,1H3,(H,22,24). The molecule has 0 aromatic heterocycles. The van der Waals surface area contributed by atoms with Gasteiger partial charge in [-0.15, -0.1) is 0 Å². The quantitative estimate of drug-likeness (QED) is 0.742. The number of morpholine rings is 1. The fourth-order valence-corrected chi connectivity index (χ4v) is 2.86. The molecule has 148 valence electrons. The molecule has 1 heterocycles. The Morgan fingerprint density at radius 1 is 1.04 bits per heavy atom. The highest BCUT2D eigenvalue weighted by Gasteiger charge is 2.18. The number of amides is 2. The van der Waals surface area contributed by atoms with Gasteiger partial charge in [-0.3, -0.25) is 9.59 Å². The van der Waals surface area contributed by atoms with Crippen molar-refractivity contribution in [1.29, 1.82) is 0 Å². The molecule has 0 radical (unpaired) electrons. The lowest BCUT2D eigenvalue weighted by atomic mass is 10.1. The first-order valence-electron chi connectivity index (χ1n) is 9.18. The molecule has 7 heteroatoms. The van der Waals surface area contributed by atoms with Gasteiger partial charge in [-0.05, 0) is 36.4 Å². The zero-order valence-electron chi connectivity index (χ0n) is 15.8. The zero-order valence-corrected chi connectivity index (χ0v) is 15.8. The van der Waals surface area contributed by atoms with Gasteiger partial charge in [0.1, 0.15) is 12.4 Å². The van der Waals surface area contributed by atoms with Crippen LogP contribution < -0.4 is 10.1 Å². The Balaban J connectivity index is 1.64. The third-order valence-corrected chi connectivity index (χ3v) is 4.36. The predicted octanol–water partition coefficient (Wildman–Crippen LogP) is 2.44. The molecule has 0 unspecified atom stereocenters. The Bertz CT molecular complexity index is 801. The number of hydrogen-bond acceptors (Lipinski definition) is 5. The van der Waals surface area contributed by atoms with E-state index in [9.17, 15) is 9.59 Å². The lowest BCUT2D eigenvalue weighted by Gasteiger charge is -2.26. The van der Waals surface area contributed by atoms with Crippen LogP contribution in [0.1, 0.15) is 20.7 Å². The summed E-state index contributed by atoms with van der Waals surface area (Å²) in [5.41, 5.74) is 1.63. The topological polar surface area (TPSA) is 77.1 Å². The van der Waals surface area contributed by atoms with Crippen molar-refractivity contribution < 1.29 is 23.8 Å². The van der Waals surface area contributed by atoms with Crippen LogP contribution in [0, 0.1) is 0 Å². The van der Waals surface area contributed by atoms with E-state index in [1.54, 1.807) is 54.5 Å². The van der Waals surface area contributed by atoms with Gasteiger partial charge in [-0.1, -0.05) is 12.1 Å². The van der Waals surface area contributed by atoms with E-state index in [2.05, 4.69) is 5.32 Å². The fourth-order valence-electron chi connectivity index (χ4n) is 2.86. The molecule has 2 amide bonds. The van der Waals surface area contributed by atoms with Gasteiger partial charge in [0.2, 0.25) is 0 Å². The summed E-state index contributed by atoms with van der Waals surface area (Å²) in [6.07, 6.45) is 0. The van der Waals surface area contributed by atoms with Crippen LogP contribution in [0.25, 0.3) is 0 Å². The van der Waals surface area contributed by atoms with Crippen LogP contribution in [-0.2, 0) is 9.47 Å². The molecule has 1 aliphatic heterocycles. The van der Waals surface area contributed by atoms with Gasteiger partial charge in [-0.2, -0.15) is 0 Å². The lowest BCUT2D eigenvalue weighted by molar-refractivity contribution is 0.0303. The highest BCUT2D eigenvalue weighted by atomic mass is 16.5. The lowest BCUT2D eigenvalue weighted by Crippen LogP contribution is -2.40. The van der Waals surface area contributed by atoms with Gasteiger partial charge >= 0.3 is 0 Å². The van der Waals surface area contributed by atoms with Gasteiger partial charge in [-0.25, -0.2) is 0 Å². The number of methoxy groups -OCH3 is 1. The molecule has 28 heavy (non-hydrogen) atoms. The van der Waals surface area contributed by atoms with Crippen LogP contribution >= 0.6 is 0 Å². The van der Waals surface area contributed by atoms with Crippen LogP contribution in [0.4, 0.5) is 5.69 Å². The van der Waals surface area contributed by atoms with E-state index in [1.807, 2.05) is 6.07 Å². The number of ether oxygens (including phenoxy) is 3. The molecule has 1 N–H and O–H groups in total. The third-order valence-electron chi connectivity index (χ3n) is 4.36. The monoisotopic (exact) mass is 384 g/mol. The molecular weight excluding hydrogens is 360 g/mol. The summed E-state index contributed by atoms with van der Waals surface area (Å²) < 4.78 is 15.9. The maximum Gasteiger partial charge on any atom is 0.259 e. The molecule has 2 aromatic rings. The summed E-state index contributed by atoms with van der Waals surface area (Å²) in [6, 6.07) is 13.9. The van der Waals surface area contributed by atoms with E-state index in [0.29, 0.717) is 62.1 Å². The molecule has 1 fully saturated rings. The van der Waals surface area contributed by atoms with Gasteiger partial charge in [0.05, 0.1) is 25.4 Å². The Morgan fingerprint density at radius 3 is 2.46 bits per heavy atom. The van der Waals surface area contributed by atoms with Crippen molar-refractivity contribution in [2.75, 3.05) is 51.9 Å². The van der Waals surface area contributed by atoms with Crippen LogP contribution in [0.15, 0.2) is 48.5 Å². The molecule has 3 rings (SSSR count). The zero-order chi connectivity index (χ0) is 19.8. The number of nitrogens with one attached hydrogen (secondary N) is 1. The SMILES string of the molecule is COCCOc1ccccc1C(=O)Nc1ccc(C(=O)N2CCOCC2)cc1.